The largest absolute Gasteiger partial charge is 0.325 e. The number of halogens is 1. The number of benzene rings is 1. The molecule has 1 aromatic rings. The lowest BCUT2D eigenvalue weighted by molar-refractivity contribution is -0.117. The Bertz CT molecular complexity index is 472. The van der Waals surface area contributed by atoms with E-state index in [4.69, 9.17) is 11.6 Å². The third kappa shape index (κ3) is 4.80. The van der Waals surface area contributed by atoms with Crippen LogP contribution in [0, 0.1) is 12.8 Å². The van der Waals surface area contributed by atoms with E-state index in [1.165, 1.54) is 12.8 Å². The Kier molecular flexibility index (Phi) is 5.44. The van der Waals surface area contributed by atoms with Gasteiger partial charge in [-0.1, -0.05) is 18.5 Å². The molecule has 1 aromatic carbocycles. The van der Waals surface area contributed by atoms with Crippen molar-refractivity contribution in [2.24, 2.45) is 5.92 Å². The Morgan fingerprint density at radius 2 is 2.20 bits per heavy atom. The number of aryl methyl sites for hydroxylation is 1. The van der Waals surface area contributed by atoms with Crippen molar-refractivity contribution in [3.8, 4) is 0 Å². The molecule has 3 nitrogen and oxygen atoms in total. The zero-order valence-corrected chi connectivity index (χ0v) is 13.0. The number of hydrogen-bond donors (Lipinski definition) is 1. The highest BCUT2D eigenvalue weighted by Gasteiger charge is 2.24. The first-order chi connectivity index (χ1) is 9.58. The lowest BCUT2D eigenvalue weighted by Gasteiger charge is -2.21. The molecule has 2 rings (SSSR count). The van der Waals surface area contributed by atoms with Crippen LogP contribution in [0.2, 0.25) is 5.02 Å². The van der Waals surface area contributed by atoms with E-state index in [0.29, 0.717) is 11.6 Å². The van der Waals surface area contributed by atoms with E-state index < -0.39 is 0 Å². The molecule has 0 spiro atoms. The molecule has 1 N–H and O–H groups in total. The van der Waals surface area contributed by atoms with Gasteiger partial charge >= 0.3 is 0 Å². The summed E-state index contributed by atoms with van der Waals surface area (Å²) in [6.07, 6.45) is 3.72. The highest BCUT2D eigenvalue weighted by atomic mass is 35.5. The Morgan fingerprint density at radius 1 is 1.45 bits per heavy atom. The van der Waals surface area contributed by atoms with Crippen LogP contribution in [0.3, 0.4) is 0 Å². The molecule has 1 saturated carbocycles. The summed E-state index contributed by atoms with van der Waals surface area (Å²) in [7, 11) is 0. The topological polar surface area (TPSA) is 32.3 Å². The molecule has 0 radical (unpaired) electrons. The number of carbonyl (C=O) groups is 1. The van der Waals surface area contributed by atoms with Crippen molar-refractivity contribution < 1.29 is 4.79 Å². The Morgan fingerprint density at radius 3 is 2.80 bits per heavy atom. The summed E-state index contributed by atoms with van der Waals surface area (Å²) in [5.41, 5.74) is 1.84. The van der Waals surface area contributed by atoms with Gasteiger partial charge in [-0.3, -0.25) is 9.69 Å². The van der Waals surface area contributed by atoms with Crippen molar-refractivity contribution in [1.29, 1.82) is 0 Å². The number of carbonyl (C=O) groups excluding carboxylic acids is 1. The van der Waals surface area contributed by atoms with Gasteiger partial charge in [-0.2, -0.15) is 0 Å². The van der Waals surface area contributed by atoms with Crippen LogP contribution >= 0.6 is 11.6 Å². The molecule has 1 fully saturated rings. The van der Waals surface area contributed by atoms with Crippen molar-refractivity contribution in [2.75, 3.05) is 25.0 Å². The van der Waals surface area contributed by atoms with Crippen LogP contribution in [-0.2, 0) is 4.79 Å². The Hall–Kier alpha value is -1.06. The van der Waals surface area contributed by atoms with Crippen LogP contribution in [0.1, 0.15) is 31.7 Å². The molecule has 1 aliphatic rings. The average molecular weight is 295 g/mol. The van der Waals surface area contributed by atoms with Gasteiger partial charge in [0.2, 0.25) is 5.91 Å². The minimum atomic E-state index is 0.0597. The van der Waals surface area contributed by atoms with Crippen LogP contribution in [-0.4, -0.2) is 30.4 Å². The van der Waals surface area contributed by atoms with E-state index in [0.717, 1.165) is 36.7 Å². The molecular formula is C16H23ClN2O. The maximum absolute atomic E-state index is 12.2. The number of amides is 1. The predicted octanol–water partition coefficient (Wildman–Crippen LogP) is 3.71. The third-order valence-electron chi connectivity index (χ3n) is 3.58. The van der Waals surface area contributed by atoms with Gasteiger partial charge in [-0.15, -0.1) is 0 Å². The Labute approximate surface area is 126 Å². The minimum absolute atomic E-state index is 0.0597. The molecule has 0 aliphatic heterocycles. The summed E-state index contributed by atoms with van der Waals surface area (Å²) < 4.78 is 0. The number of anilines is 1. The van der Waals surface area contributed by atoms with E-state index in [1.807, 2.05) is 19.1 Å². The maximum Gasteiger partial charge on any atom is 0.238 e. The fourth-order valence-electron chi connectivity index (χ4n) is 2.38. The quantitative estimate of drug-likeness (QED) is 0.831. The minimum Gasteiger partial charge on any atom is -0.325 e. The summed E-state index contributed by atoms with van der Waals surface area (Å²) in [4.78, 5) is 14.4. The number of nitrogens with zero attached hydrogens (tertiary/aromatic N) is 1. The first-order valence-corrected chi connectivity index (χ1v) is 7.74. The van der Waals surface area contributed by atoms with Gasteiger partial charge in [0.05, 0.1) is 6.54 Å². The van der Waals surface area contributed by atoms with Gasteiger partial charge < -0.3 is 5.32 Å². The number of rotatable bonds is 7. The smallest absolute Gasteiger partial charge is 0.238 e. The lowest BCUT2D eigenvalue weighted by atomic mass is 10.2. The van der Waals surface area contributed by atoms with E-state index in [2.05, 4.69) is 17.1 Å². The summed E-state index contributed by atoms with van der Waals surface area (Å²) in [5.74, 6) is 0.871. The standard InChI is InChI=1S/C16H23ClN2O/c1-3-8-19(10-13-4-5-13)11-16(20)18-15-7-6-14(17)9-12(15)2/h6-7,9,13H,3-5,8,10-11H2,1-2H3,(H,18,20). The van der Waals surface area contributed by atoms with Crippen LogP contribution in [0.5, 0.6) is 0 Å². The van der Waals surface area contributed by atoms with E-state index >= 15 is 0 Å². The fourth-order valence-corrected chi connectivity index (χ4v) is 2.60. The van der Waals surface area contributed by atoms with Crippen LogP contribution in [0.15, 0.2) is 18.2 Å². The Balaban J connectivity index is 1.89. The second-order valence-corrected chi connectivity index (χ2v) is 6.12. The van der Waals surface area contributed by atoms with Gasteiger partial charge in [-0.05, 0) is 62.4 Å². The van der Waals surface area contributed by atoms with Crippen LogP contribution < -0.4 is 5.32 Å². The summed E-state index contributed by atoms with van der Waals surface area (Å²) in [5, 5.41) is 3.68. The van der Waals surface area contributed by atoms with E-state index in [1.54, 1.807) is 6.07 Å². The van der Waals surface area contributed by atoms with Crippen LogP contribution in [0.25, 0.3) is 0 Å². The molecule has 0 unspecified atom stereocenters. The highest BCUT2D eigenvalue weighted by molar-refractivity contribution is 6.30. The summed E-state index contributed by atoms with van der Waals surface area (Å²) in [6.45, 7) is 6.63. The number of nitrogens with one attached hydrogen (secondary N) is 1. The molecule has 1 amide bonds. The van der Waals surface area contributed by atoms with Crippen LogP contribution in [0.4, 0.5) is 5.69 Å². The molecule has 4 heteroatoms. The zero-order chi connectivity index (χ0) is 14.5. The van der Waals surface area contributed by atoms with E-state index in [-0.39, 0.29) is 5.91 Å². The fraction of sp³-hybridized carbons (Fsp3) is 0.562. The zero-order valence-electron chi connectivity index (χ0n) is 12.3. The van der Waals surface area contributed by atoms with Crippen molar-refractivity contribution in [3.05, 3.63) is 28.8 Å². The van der Waals surface area contributed by atoms with Crippen molar-refractivity contribution in [1.82, 2.24) is 4.90 Å². The maximum atomic E-state index is 12.2. The summed E-state index contributed by atoms with van der Waals surface area (Å²) >= 11 is 5.92. The third-order valence-corrected chi connectivity index (χ3v) is 3.82. The van der Waals surface area contributed by atoms with Gasteiger partial charge in [-0.25, -0.2) is 0 Å². The first-order valence-electron chi connectivity index (χ1n) is 7.37. The molecule has 0 saturated heterocycles. The predicted molar refractivity (Wildman–Crippen MR) is 84.3 cm³/mol. The molecule has 1 aliphatic carbocycles. The van der Waals surface area contributed by atoms with Gasteiger partial charge in [0.15, 0.2) is 0 Å². The monoisotopic (exact) mass is 294 g/mol. The first kappa shape index (κ1) is 15.3. The molecule has 0 atom stereocenters. The average Bonchev–Trinajstić information content (AvgIpc) is 3.17. The SMILES string of the molecule is CCCN(CC(=O)Nc1ccc(Cl)cc1C)CC1CC1. The molecule has 20 heavy (non-hydrogen) atoms. The highest BCUT2D eigenvalue weighted by Crippen LogP contribution is 2.29. The van der Waals surface area contributed by atoms with Gasteiger partial charge in [0.25, 0.3) is 0 Å². The van der Waals surface area contributed by atoms with Crippen molar-refractivity contribution >= 4 is 23.2 Å². The van der Waals surface area contributed by atoms with Gasteiger partial charge in [0, 0.05) is 17.3 Å². The molecule has 0 aromatic heterocycles. The lowest BCUT2D eigenvalue weighted by Crippen LogP contribution is -2.35. The second kappa shape index (κ2) is 7.09. The normalized spacial score (nSPS) is 14.6. The van der Waals surface area contributed by atoms with Crippen molar-refractivity contribution in [2.45, 2.75) is 33.1 Å². The van der Waals surface area contributed by atoms with E-state index in [9.17, 15) is 4.79 Å². The van der Waals surface area contributed by atoms with Gasteiger partial charge in [0.1, 0.15) is 0 Å². The van der Waals surface area contributed by atoms with Crippen molar-refractivity contribution in [3.63, 3.8) is 0 Å². The summed E-state index contributed by atoms with van der Waals surface area (Å²) in [6, 6.07) is 5.53. The molecule has 0 bridgehead atoms. The second-order valence-electron chi connectivity index (χ2n) is 5.69. The molecular weight excluding hydrogens is 272 g/mol. The number of hydrogen-bond acceptors (Lipinski definition) is 2. The molecule has 0 heterocycles. The molecule has 110 valence electrons.